The van der Waals surface area contributed by atoms with Crippen molar-refractivity contribution in [1.29, 1.82) is 0 Å². The van der Waals surface area contributed by atoms with Crippen LogP contribution in [0.5, 0.6) is 34.5 Å². The zero-order valence-electron chi connectivity index (χ0n) is 72.9. The number of hydrogen-bond acceptors (Lipinski definition) is 22. The Morgan fingerprint density at radius 3 is 1.04 bits per heavy atom. The molecule has 632 valence electrons. The van der Waals surface area contributed by atoms with Crippen LogP contribution in [0.15, 0.2) is 182 Å². The summed E-state index contributed by atoms with van der Waals surface area (Å²) in [6.07, 6.45) is 0. The van der Waals surface area contributed by atoms with Crippen molar-refractivity contribution in [3.8, 4) is 34.5 Å². The first-order valence-electron chi connectivity index (χ1n) is 38.8. The van der Waals surface area contributed by atoms with Crippen molar-refractivity contribution in [1.82, 2.24) is 0 Å². The molecule has 0 aliphatic rings. The molecule has 10 aromatic carbocycles. The van der Waals surface area contributed by atoms with E-state index in [0.29, 0.717) is 45.3 Å². The first kappa shape index (κ1) is 94.9. The zero-order valence-corrected chi connectivity index (χ0v) is 72.9. The smallest absolute Gasteiger partial charge is 0.344 e. The molecule has 0 aromatic heterocycles. The number of ether oxygens (including phenoxy) is 13. The molecule has 0 aliphatic heterocycles. The third-order valence-corrected chi connectivity index (χ3v) is 15.1. The average Bonchev–Trinajstić information content (AvgIpc) is 0.807. The number of carbonyl (C=O) groups excluding carboxylic acids is 8. The molecule has 0 fully saturated rings. The first-order chi connectivity index (χ1) is 54.5. The van der Waals surface area contributed by atoms with Crippen molar-refractivity contribution in [2.24, 2.45) is 0 Å². The molecule has 10 aromatic rings. The Balaban J connectivity index is 0.000000231. The van der Waals surface area contributed by atoms with Crippen LogP contribution in [-0.2, 0) is 61.9 Å². The lowest BCUT2D eigenvalue weighted by Gasteiger charge is -2.22. The third kappa shape index (κ3) is 34.1. The number of hydrogen-bond donors (Lipinski definition) is 1. The van der Waals surface area contributed by atoms with Gasteiger partial charge in [-0.3, -0.25) is 0 Å². The van der Waals surface area contributed by atoms with E-state index in [1.807, 2.05) is 152 Å². The summed E-state index contributed by atoms with van der Waals surface area (Å²) >= 11 is 0. The van der Waals surface area contributed by atoms with E-state index < -0.39 is 80.6 Å². The second kappa shape index (κ2) is 40.3. The minimum atomic E-state index is -0.642. The lowest BCUT2D eigenvalue weighted by Crippen LogP contribution is -2.28. The number of phenols is 1. The molecule has 0 spiro atoms. The van der Waals surface area contributed by atoms with Crippen molar-refractivity contribution < 1.29 is 105 Å². The molecule has 0 bridgehead atoms. The number of benzene rings is 10. The maximum absolute atomic E-state index is 12.8. The fourth-order valence-corrected chi connectivity index (χ4v) is 10.9. The number of rotatable bonds is 18. The topological polar surface area (TPSA) is 277 Å². The number of aryl methyl sites for hydroxylation is 1. The molecule has 0 saturated carbocycles. The van der Waals surface area contributed by atoms with Crippen LogP contribution in [0.2, 0.25) is 0 Å². The highest BCUT2D eigenvalue weighted by Crippen LogP contribution is 2.36. The SMILES string of the molecule is CC(C)(C)OC(=O)COc1cc2ccccc2cc1C(=O)OC(C)(C)C.CC(C)(C)OC(=O)COc1cc2ccccc2cc1OCC(=O)OC(C)(C)C.CC(C)(C)OC(=O)COc1ccc2ccccc2c1C(=O)OC(C)(C)C.CC(C)(C)OC(=O)c1cccc2cc(O)ccc12.Cc1ccc2ccc(OCC(=O)OC(C)(C)C)cc2c1. The van der Waals surface area contributed by atoms with E-state index in [1.165, 1.54) is 5.56 Å². The fourth-order valence-electron chi connectivity index (χ4n) is 10.9. The van der Waals surface area contributed by atoms with Crippen molar-refractivity contribution in [3.05, 3.63) is 204 Å². The Labute approximate surface area is 692 Å². The number of carbonyl (C=O) groups is 8. The van der Waals surface area contributed by atoms with Gasteiger partial charge in [-0.05, 0) is 294 Å². The van der Waals surface area contributed by atoms with Crippen LogP contribution < -0.4 is 23.7 Å². The summed E-state index contributed by atoms with van der Waals surface area (Å²) in [7, 11) is 0. The van der Waals surface area contributed by atoms with Crippen LogP contribution in [0, 0.1) is 6.92 Å². The summed E-state index contributed by atoms with van der Waals surface area (Å²) in [5, 5.41) is 18.5. The molecule has 1 N–H and O–H groups in total. The lowest BCUT2D eigenvalue weighted by molar-refractivity contribution is -0.158. The summed E-state index contributed by atoms with van der Waals surface area (Å²) in [5.41, 5.74) is -2.37. The molecular formula is C96H116O22. The van der Waals surface area contributed by atoms with Gasteiger partial charge in [0, 0.05) is 0 Å². The van der Waals surface area contributed by atoms with E-state index in [2.05, 4.69) is 18.2 Å². The Morgan fingerprint density at radius 1 is 0.254 bits per heavy atom. The van der Waals surface area contributed by atoms with Crippen molar-refractivity contribution in [2.75, 3.05) is 33.0 Å². The molecular weight excluding hydrogens is 1510 g/mol. The fraction of sp³-hybridized carbons (Fsp3) is 0.396. The third-order valence-electron chi connectivity index (χ3n) is 15.1. The largest absolute Gasteiger partial charge is 0.508 e. The highest BCUT2D eigenvalue weighted by molar-refractivity contribution is 6.08. The molecule has 10 rings (SSSR count). The summed E-state index contributed by atoms with van der Waals surface area (Å²) in [6, 6.07) is 55.5. The summed E-state index contributed by atoms with van der Waals surface area (Å²) < 4.78 is 70.6. The van der Waals surface area contributed by atoms with E-state index >= 15 is 0 Å². The van der Waals surface area contributed by atoms with Crippen LogP contribution in [0.3, 0.4) is 0 Å². The molecule has 22 heteroatoms. The molecule has 0 amide bonds. The molecule has 0 aliphatic carbocycles. The Hall–Kier alpha value is -11.9. The van der Waals surface area contributed by atoms with Gasteiger partial charge in [-0.25, -0.2) is 38.4 Å². The van der Waals surface area contributed by atoms with Crippen molar-refractivity contribution in [3.63, 3.8) is 0 Å². The van der Waals surface area contributed by atoms with Gasteiger partial charge in [0.2, 0.25) is 0 Å². The van der Waals surface area contributed by atoms with Gasteiger partial charge in [0.05, 0.1) is 5.56 Å². The minimum absolute atomic E-state index is 0.0748. The quantitative estimate of drug-likeness (QED) is 0.0617. The number of phenolic OH excluding ortho intramolecular Hbond substituents is 1. The number of fused-ring (bicyclic) bond motifs is 5. The standard InChI is InChI=1S/C22H28O6.2C21H26O5.C17H20O3.C15H16O3/c1-21(2,3)27-19(23)13-25-17-11-15-9-7-8-10-16(15)12-18(17)26-14-20(24)28-22(4,5)6;1-20(2,3)25-18(22)13-24-17-12-15-10-8-7-9-14(15)11-16(17)19(23)26-21(4,5)6;1-20(2,3)25-17(22)13-24-16-12-11-14-9-7-8-10-15(14)18(16)19(23)26-21(4,5)6;1-12-5-6-13-7-8-15(10-14(13)9-12)19-11-16(18)20-17(2,3)4;1-15(2,3)18-14(17)13-6-4-5-10-9-11(16)7-8-12(10)13/h7-12H,13-14H2,1-6H3;2*7-12H,13H2,1-6H3;5-10H,11H2,1-4H3;4-9,16H,1-3H3. The van der Waals surface area contributed by atoms with Crippen molar-refractivity contribution >= 4 is 102 Å². The Kier molecular flexibility index (Phi) is 32.4. The highest BCUT2D eigenvalue weighted by Gasteiger charge is 2.29. The molecule has 22 nitrogen and oxygen atoms in total. The van der Waals surface area contributed by atoms with Crippen LogP contribution in [-0.4, -0.2) is 131 Å². The van der Waals surface area contributed by atoms with Gasteiger partial charge in [-0.15, -0.1) is 0 Å². The van der Waals surface area contributed by atoms with Gasteiger partial charge >= 0.3 is 47.8 Å². The van der Waals surface area contributed by atoms with E-state index in [1.54, 1.807) is 185 Å². The van der Waals surface area contributed by atoms with E-state index in [-0.39, 0.29) is 56.3 Å². The zero-order chi connectivity index (χ0) is 88.1. The normalized spacial score (nSPS) is 11.7. The molecule has 0 atom stereocenters. The van der Waals surface area contributed by atoms with Gasteiger partial charge in [0.15, 0.2) is 44.5 Å². The van der Waals surface area contributed by atoms with E-state index in [9.17, 15) is 43.5 Å². The van der Waals surface area contributed by atoms with Crippen LogP contribution >= 0.6 is 0 Å². The van der Waals surface area contributed by atoms with Gasteiger partial charge in [-0.1, -0.05) is 121 Å². The van der Waals surface area contributed by atoms with Crippen LogP contribution in [0.1, 0.15) is 203 Å². The molecule has 0 heterocycles. The Morgan fingerprint density at radius 2 is 0.602 bits per heavy atom. The predicted octanol–water partition coefficient (Wildman–Crippen LogP) is 20.7. The highest BCUT2D eigenvalue weighted by atomic mass is 16.6. The number of esters is 8. The van der Waals surface area contributed by atoms with Gasteiger partial charge < -0.3 is 66.7 Å². The van der Waals surface area contributed by atoms with Gasteiger partial charge in [0.25, 0.3) is 0 Å². The summed E-state index contributed by atoms with van der Waals surface area (Å²) in [4.78, 5) is 96.8. The predicted molar refractivity (Wildman–Crippen MR) is 458 cm³/mol. The lowest BCUT2D eigenvalue weighted by atomic mass is 10.0. The van der Waals surface area contributed by atoms with Gasteiger partial charge in [0.1, 0.15) is 78.9 Å². The Bertz CT molecular complexity index is 5060. The average molecular weight is 1620 g/mol. The van der Waals surface area contributed by atoms with Crippen LogP contribution in [0.4, 0.5) is 0 Å². The maximum atomic E-state index is 12.8. The molecule has 0 saturated heterocycles. The first-order valence-corrected chi connectivity index (χ1v) is 38.8. The molecule has 0 unspecified atom stereocenters. The monoisotopic (exact) mass is 1620 g/mol. The van der Waals surface area contributed by atoms with Gasteiger partial charge in [-0.2, -0.15) is 0 Å². The van der Waals surface area contributed by atoms with E-state index in [4.69, 9.17) is 61.6 Å². The van der Waals surface area contributed by atoms with Crippen molar-refractivity contribution in [2.45, 2.75) is 218 Å². The molecule has 118 heavy (non-hydrogen) atoms. The summed E-state index contributed by atoms with van der Waals surface area (Å²) in [6.45, 7) is 44.1. The second-order valence-electron chi connectivity index (χ2n) is 35.6. The maximum Gasteiger partial charge on any atom is 0.344 e. The van der Waals surface area contributed by atoms with Crippen LogP contribution in [0.25, 0.3) is 53.9 Å². The number of aromatic hydroxyl groups is 1. The molecule has 0 radical (unpaired) electrons. The van der Waals surface area contributed by atoms with E-state index in [0.717, 1.165) is 48.5 Å². The summed E-state index contributed by atoms with van der Waals surface area (Å²) in [5.74, 6) is -1.51. The minimum Gasteiger partial charge on any atom is -0.508 e. The second-order valence-corrected chi connectivity index (χ2v) is 35.6.